The minimum absolute atomic E-state index is 0.181. The first-order valence-electron chi connectivity index (χ1n) is 3.72. The second kappa shape index (κ2) is 3.01. The smallest absolute Gasteiger partial charge is 0.217 e. The molecule has 3 heteroatoms. The van der Waals surface area contributed by atoms with Gasteiger partial charge in [-0.3, -0.25) is 4.79 Å². The number of amides is 1. The van der Waals surface area contributed by atoms with Gasteiger partial charge in [0.2, 0.25) is 5.91 Å². The van der Waals surface area contributed by atoms with E-state index in [0.29, 0.717) is 18.4 Å². The second-order valence-corrected chi connectivity index (χ2v) is 2.96. The van der Waals surface area contributed by atoms with Crippen LogP contribution in [0.25, 0.3) is 0 Å². The van der Waals surface area contributed by atoms with Gasteiger partial charge in [0.15, 0.2) is 0 Å². The number of hydrogen-bond acceptors (Lipinski definition) is 2. The third kappa shape index (κ3) is 1.70. The van der Waals surface area contributed by atoms with E-state index in [4.69, 9.17) is 5.73 Å². The molecule has 0 spiro atoms. The summed E-state index contributed by atoms with van der Waals surface area (Å²) in [6.45, 7) is 3.18. The number of hydrogen-bond donors (Lipinski definition) is 2. The number of carbonyl (C=O) groups is 1. The van der Waals surface area contributed by atoms with Crippen LogP contribution in [0.2, 0.25) is 0 Å². The first-order valence-corrected chi connectivity index (χ1v) is 3.72. The molecular weight excluding hydrogens is 128 g/mol. The van der Waals surface area contributed by atoms with Crippen molar-refractivity contribution in [2.75, 3.05) is 6.54 Å². The van der Waals surface area contributed by atoms with Gasteiger partial charge >= 0.3 is 0 Å². The van der Waals surface area contributed by atoms with Crippen LogP contribution in [-0.4, -0.2) is 18.5 Å². The lowest BCUT2D eigenvalue weighted by molar-refractivity contribution is -0.118. The fourth-order valence-corrected chi connectivity index (χ4v) is 1.20. The van der Waals surface area contributed by atoms with Crippen LogP contribution in [0.1, 0.15) is 19.8 Å². The van der Waals surface area contributed by atoms with Crippen molar-refractivity contribution in [3.8, 4) is 0 Å². The molecule has 1 aliphatic rings. The summed E-state index contributed by atoms with van der Waals surface area (Å²) >= 11 is 0. The molecule has 58 valence electrons. The van der Waals surface area contributed by atoms with Gasteiger partial charge in [0.25, 0.3) is 0 Å². The van der Waals surface area contributed by atoms with Crippen LogP contribution in [0.5, 0.6) is 0 Å². The number of carbonyl (C=O) groups excluding carboxylic acids is 1. The molecule has 0 aromatic carbocycles. The minimum atomic E-state index is -0.181. The quantitative estimate of drug-likeness (QED) is 0.576. The van der Waals surface area contributed by atoms with Crippen LogP contribution < -0.4 is 11.1 Å². The molecule has 1 heterocycles. The largest absolute Gasteiger partial charge is 0.370 e. The Balaban J connectivity index is 2.08. The van der Waals surface area contributed by atoms with E-state index >= 15 is 0 Å². The van der Waals surface area contributed by atoms with Crippen LogP contribution in [-0.2, 0) is 4.79 Å². The van der Waals surface area contributed by atoms with Gasteiger partial charge in [0.05, 0.1) is 0 Å². The molecule has 1 aliphatic heterocycles. The van der Waals surface area contributed by atoms with Gasteiger partial charge in [-0.1, -0.05) is 0 Å². The fraction of sp³-hybridized carbons (Fsp3) is 0.857. The molecule has 1 fully saturated rings. The summed E-state index contributed by atoms with van der Waals surface area (Å²) in [7, 11) is 0. The highest BCUT2D eigenvalue weighted by molar-refractivity contribution is 5.73. The molecule has 0 saturated carbocycles. The van der Waals surface area contributed by atoms with Crippen LogP contribution in [0.3, 0.4) is 0 Å². The van der Waals surface area contributed by atoms with E-state index in [1.54, 1.807) is 0 Å². The van der Waals surface area contributed by atoms with Crippen molar-refractivity contribution >= 4 is 5.91 Å². The standard InChI is InChI=1S/C7H14N2O/c1-5-6(4-9-5)2-3-7(8)10/h5-6,9H,2-4H2,1H3,(H2,8,10). The van der Waals surface area contributed by atoms with Crippen molar-refractivity contribution in [3.05, 3.63) is 0 Å². The first-order chi connectivity index (χ1) is 4.70. The van der Waals surface area contributed by atoms with E-state index in [0.717, 1.165) is 13.0 Å². The predicted octanol–water partition coefficient (Wildman–Crippen LogP) is -0.140. The summed E-state index contributed by atoms with van der Waals surface area (Å²) in [5.41, 5.74) is 5.01. The van der Waals surface area contributed by atoms with Gasteiger partial charge in [0, 0.05) is 12.5 Å². The number of nitrogens with two attached hydrogens (primary N) is 1. The molecule has 1 saturated heterocycles. The average Bonchev–Trinajstić information content (AvgIpc) is 1.84. The highest BCUT2D eigenvalue weighted by atomic mass is 16.1. The maximum Gasteiger partial charge on any atom is 0.217 e. The van der Waals surface area contributed by atoms with Crippen LogP contribution in [0, 0.1) is 5.92 Å². The molecule has 2 unspecified atom stereocenters. The molecule has 2 atom stereocenters. The summed E-state index contributed by atoms with van der Waals surface area (Å²) < 4.78 is 0. The lowest BCUT2D eigenvalue weighted by Crippen LogP contribution is -2.50. The molecule has 0 bridgehead atoms. The number of rotatable bonds is 3. The van der Waals surface area contributed by atoms with E-state index in [2.05, 4.69) is 12.2 Å². The highest BCUT2D eigenvalue weighted by Crippen LogP contribution is 2.17. The Morgan fingerprint density at radius 1 is 1.80 bits per heavy atom. The van der Waals surface area contributed by atoms with E-state index in [-0.39, 0.29) is 5.91 Å². The Morgan fingerprint density at radius 2 is 2.50 bits per heavy atom. The second-order valence-electron chi connectivity index (χ2n) is 2.96. The Morgan fingerprint density at radius 3 is 2.80 bits per heavy atom. The molecule has 0 aromatic rings. The van der Waals surface area contributed by atoms with Crippen molar-refractivity contribution in [2.45, 2.75) is 25.8 Å². The third-order valence-corrected chi connectivity index (χ3v) is 2.17. The summed E-state index contributed by atoms with van der Waals surface area (Å²) in [5, 5.41) is 3.23. The number of primary amides is 1. The van der Waals surface area contributed by atoms with E-state index < -0.39 is 0 Å². The third-order valence-electron chi connectivity index (χ3n) is 2.17. The summed E-state index contributed by atoms with van der Waals surface area (Å²) in [5.74, 6) is 0.492. The Labute approximate surface area is 61.0 Å². The van der Waals surface area contributed by atoms with Gasteiger partial charge in [-0.15, -0.1) is 0 Å². The van der Waals surface area contributed by atoms with Gasteiger partial charge in [-0.2, -0.15) is 0 Å². The fourth-order valence-electron chi connectivity index (χ4n) is 1.20. The van der Waals surface area contributed by atoms with Crippen LogP contribution in [0.15, 0.2) is 0 Å². The van der Waals surface area contributed by atoms with Gasteiger partial charge in [0.1, 0.15) is 0 Å². The van der Waals surface area contributed by atoms with Crippen molar-refractivity contribution in [1.29, 1.82) is 0 Å². The maximum atomic E-state index is 10.4. The monoisotopic (exact) mass is 142 g/mol. The van der Waals surface area contributed by atoms with Crippen molar-refractivity contribution in [1.82, 2.24) is 5.32 Å². The van der Waals surface area contributed by atoms with Crippen molar-refractivity contribution in [2.24, 2.45) is 11.7 Å². The normalized spacial score (nSPS) is 31.3. The molecule has 0 aliphatic carbocycles. The molecule has 10 heavy (non-hydrogen) atoms. The zero-order valence-corrected chi connectivity index (χ0v) is 6.26. The first kappa shape index (κ1) is 7.54. The lowest BCUT2D eigenvalue weighted by Gasteiger charge is -2.35. The van der Waals surface area contributed by atoms with E-state index in [1.807, 2.05) is 0 Å². The lowest BCUT2D eigenvalue weighted by atomic mass is 9.89. The molecule has 0 aromatic heterocycles. The SMILES string of the molecule is CC1NCC1CCC(N)=O. The summed E-state index contributed by atoms with van der Waals surface area (Å²) in [6, 6.07) is 0.583. The van der Waals surface area contributed by atoms with E-state index in [9.17, 15) is 4.79 Å². The zero-order valence-electron chi connectivity index (χ0n) is 6.26. The summed E-state index contributed by atoms with van der Waals surface area (Å²) in [4.78, 5) is 10.4. The molecule has 1 amide bonds. The van der Waals surface area contributed by atoms with Crippen LogP contribution in [0.4, 0.5) is 0 Å². The van der Waals surface area contributed by atoms with Crippen molar-refractivity contribution in [3.63, 3.8) is 0 Å². The topological polar surface area (TPSA) is 55.1 Å². The maximum absolute atomic E-state index is 10.4. The van der Waals surface area contributed by atoms with Gasteiger partial charge in [-0.25, -0.2) is 0 Å². The molecule has 3 N–H and O–H groups in total. The van der Waals surface area contributed by atoms with Crippen molar-refractivity contribution < 1.29 is 4.79 Å². The summed E-state index contributed by atoms with van der Waals surface area (Å²) in [6.07, 6.45) is 1.49. The Kier molecular flexibility index (Phi) is 2.27. The molecule has 0 radical (unpaired) electrons. The van der Waals surface area contributed by atoms with Crippen LogP contribution >= 0.6 is 0 Å². The average molecular weight is 142 g/mol. The molecular formula is C7H14N2O. The Bertz CT molecular complexity index is 136. The zero-order chi connectivity index (χ0) is 7.56. The van der Waals surface area contributed by atoms with Gasteiger partial charge in [-0.05, 0) is 25.8 Å². The number of nitrogens with one attached hydrogen (secondary N) is 1. The molecule has 3 nitrogen and oxygen atoms in total. The van der Waals surface area contributed by atoms with E-state index in [1.165, 1.54) is 0 Å². The van der Waals surface area contributed by atoms with Gasteiger partial charge < -0.3 is 11.1 Å². The minimum Gasteiger partial charge on any atom is -0.370 e. The predicted molar refractivity (Wildman–Crippen MR) is 39.4 cm³/mol. The molecule has 1 rings (SSSR count). The Hall–Kier alpha value is -0.570. The highest BCUT2D eigenvalue weighted by Gasteiger charge is 2.25.